The molecule has 0 amide bonds. The Hall–Kier alpha value is -0.990. The fourth-order valence-corrected chi connectivity index (χ4v) is 3.60. The first kappa shape index (κ1) is 18.4. The quantitative estimate of drug-likeness (QED) is 0.619. The summed E-state index contributed by atoms with van der Waals surface area (Å²) in [7, 11) is -1.14. The monoisotopic (exact) mass is 464 g/mol. The smallest absolute Gasteiger partial charge is 0.344 e. The fraction of sp³-hybridized carbons (Fsp3) is 0.333. The van der Waals surface area contributed by atoms with Crippen molar-refractivity contribution in [3.8, 4) is 5.75 Å². The van der Waals surface area contributed by atoms with Crippen LogP contribution in [0.2, 0.25) is 0 Å². The zero-order valence-corrected chi connectivity index (χ0v) is 16.3. The van der Waals surface area contributed by atoms with Crippen LogP contribution < -0.4 is 4.74 Å². The second-order valence-corrected chi connectivity index (χ2v) is 7.92. The molecule has 124 valence electrons. The van der Waals surface area contributed by atoms with Crippen LogP contribution in [0.4, 0.5) is 0 Å². The van der Waals surface area contributed by atoms with Crippen molar-refractivity contribution in [1.82, 2.24) is 0 Å². The van der Waals surface area contributed by atoms with Crippen LogP contribution in [-0.4, -0.2) is 28.2 Å². The van der Waals surface area contributed by atoms with Crippen LogP contribution in [0.5, 0.6) is 5.75 Å². The van der Waals surface area contributed by atoms with Crippen molar-refractivity contribution in [2.75, 3.05) is 12.2 Å². The number of hydrogen-bond acceptors (Lipinski definition) is 5. The van der Waals surface area contributed by atoms with Gasteiger partial charge in [0.25, 0.3) is 0 Å². The van der Waals surface area contributed by atoms with Crippen molar-refractivity contribution < 1.29 is 23.3 Å². The maximum atomic E-state index is 12.3. The van der Waals surface area contributed by atoms with E-state index in [2.05, 4.69) is 31.9 Å². The van der Waals surface area contributed by atoms with E-state index in [-0.39, 0.29) is 17.3 Å². The van der Waals surface area contributed by atoms with Crippen LogP contribution in [0.25, 0.3) is 0 Å². The average molecular weight is 466 g/mol. The maximum Gasteiger partial charge on any atom is 0.344 e. The number of allylic oxidation sites excluding steroid dienone is 2. The van der Waals surface area contributed by atoms with Gasteiger partial charge < -0.3 is 9.47 Å². The topological polar surface area (TPSA) is 69.7 Å². The lowest BCUT2D eigenvalue weighted by Crippen LogP contribution is -2.12. The summed E-state index contributed by atoms with van der Waals surface area (Å²) in [5.74, 6) is 0.146. The molecule has 0 spiro atoms. The zero-order chi connectivity index (χ0) is 17.0. The number of benzene rings is 1. The van der Waals surface area contributed by atoms with E-state index in [0.717, 1.165) is 0 Å². The van der Waals surface area contributed by atoms with Crippen molar-refractivity contribution in [3.63, 3.8) is 0 Å². The van der Waals surface area contributed by atoms with Gasteiger partial charge in [-0.25, -0.2) is 4.79 Å². The van der Waals surface area contributed by atoms with Gasteiger partial charge in [-0.1, -0.05) is 0 Å². The van der Waals surface area contributed by atoms with Gasteiger partial charge in [0, 0.05) is 25.2 Å². The summed E-state index contributed by atoms with van der Waals surface area (Å²) < 4.78 is 23.0. The lowest BCUT2D eigenvalue weighted by Gasteiger charge is -2.15. The number of carbonyl (C=O) groups excluding carboxylic acids is 2. The predicted octanol–water partition coefficient (Wildman–Crippen LogP) is 3.72. The minimum atomic E-state index is -1.14. The summed E-state index contributed by atoms with van der Waals surface area (Å²) in [5, 5.41) is 0. The summed E-state index contributed by atoms with van der Waals surface area (Å²) in [4.78, 5) is 23.7. The molecule has 1 aromatic carbocycles. The van der Waals surface area contributed by atoms with Gasteiger partial charge in [0.2, 0.25) is 0 Å². The molecule has 8 heteroatoms. The highest BCUT2D eigenvalue weighted by atomic mass is 79.9. The lowest BCUT2D eigenvalue weighted by atomic mass is 10.1. The summed E-state index contributed by atoms with van der Waals surface area (Å²) in [6, 6.07) is 3.23. The zero-order valence-electron chi connectivity index (χ0n) is 12.3. The Balaban J connectivity index is 2.21. The first-order valence-electron chi connectivity index (χ1n) is 6.75. The maximum absolute atomic E-state index is 12.3. The molecule has 0 aliphatic heterocycles. The number of esters is 1. The van der Waals surface area contributed by atoms with Gasteiger partial charge in [-0.3, -0.25) is 9.00 Å². The van der Waals surface area contributed by atoms with E-state index in [1.807, 2.05) is 0 Å². The number of hydrogen-bond donors (Lipinski definition) is 0. The number of ketones is 1. The van der Waals surface area contributed by atoms with E-state index in [0.29, 0.717) is 39.7 Å². The van der Waals surface area contributed by atoms with Gasteiger partial charge in [-0.2, -0.15) is 0 Å². The molecule has 1 unspecified atom stereocenters. The second-order valence-electron chi connectivity index (χ2n) is 4.89. The molecule has 1 aliphatic carbocycles. The molecule has 1 aromatic rings. The van der Waals surface area contributed by atoms with Crippen LogP contribution in [0, 0.1) is 0 Å². The molecule has 0 heterocycles. The highest BCUT2D eigenvalue weighted by Gasteiger charge is 2.21. The molecule has 1 atom stereocenters. The minimum absolute atomic E-state index is 0.00928. The second kappa shape index (κ2) is 8.21. The minimum Gasteiger partial charge on any atom is -0.478 e. The van der Waals surface area contributed by atoms with Gasteiger partial charge in [0.1, 0.15) is 11.5 Å². The highest BCUT2D eigenvalue weighted by molar-refractivity contribution is 9.11. The van der Waals surface area contributed by atoms with Crippen LogP contribution in [-0.2, 0) is 20.3 Å². The van der Waals surface area contributed by atoms with Crippen molar-refractivity contribution >= 4 is 54.4 Å². The fourth-order valence-electron chi connectivity index (χ4n) is 1.98. The third-order valence-corrected chi connectivity index (χ3v) is 4.89. The average Bonchev–Trinajstić information content (AvgIpc) is 2.46. The Bertz CT molecular complexity index is 699. The Kier molecular flexibility index (Phi) is 6.55. The molecule has 0 fully saturated rings. The molecule has 0 saturated carbocycles. The third kappa shape index (κ3) is 4.99. The molecular formula is C15H14Br2O5S. The first-order valence-corrected chi connectivity index (χ1v) is 10.1. The highest BCUT2D eigenvalue weighted by Crippen LogP contribution is 2.37. The summed E-state index contributed by atoms with van der Waals surface area (Å²) in [5.41, 5.74) is 0.268. The van der Waals surface area contributed by atoms with Crippen LogP contribution in [0.15, 0.2) is 32.9 Å². The third-order valence-electron chi connectivity index (χ3n) is 3.03. The largest absolute Gasteiger partial charge is 0.478 e. The molecule has 5 nitrogen and oxygen atoms in total. The molecule has 0 radical (unpaired) electrons. The first-order chi connectivity index (χ1) is 10.9. The molecular weight excluding hydrogens is 452 g/mol. The summed E-state index contributed by atoms with van der Waals surface area (Å²) >= 11 is 6.64. The molecule has 23 heavy (non-hydrogen) atoms. The van der Waals surface area contributed by atoms with Crippen molar-refractivity contribution in [3.05, 3.63) is 38.5 Å². The molecule has 0 saturated heterocycles. The van der Waals surface area contributed by atoms with Gasteiger partial charge in [-0.05, 0) is 50.4 Å². The summed E-state index contributed by atoms with van der Waals surface area (Å²) in [6.45, 7) is 0. The molecule has 0 bridgehead atoms. The van der Waals surface area contributed by atoms with E-state index in [4.69, 9.17) is 9.47 Å². The standard InChI is InChI=1S/C15H14Br2O5S/c1-23(20)8-21-14-12(16)6-5-11(13(14)17)15(19)22-10-4-2-3-9(18)7-10/h5-7H,2-4,8H2,1H3. The van der Waals surface area contributed by atoms with E-state index in [1.54, 1.807) is 12.1 Å². The van der Waals surface area contributed by atoms with E-state index in [9.17, 15) is 13.8 Å². The van der Waals surface area contributed by atoms with Gasteiger partial charge >= 0.3 is 5.97 Å². The van der Waals surface area contributed by atoms with E-state index in [1.165, 1.54) is 12.3 Å². The van der Waals surface area contributed by atoms with Crippen molar-refractivity contribution in [1.29, 1.82) is 0 Å². The van der Waals surface area contributed by atoms with Gasteiger partial charge in [0.15, 0.2) is 11.7 Å². The lowest BCUT2D eigenvalue weighted by molar-refractivity contribution is -0.115. The summed E-state index contributed by atoms with van der Waals surface area (Å²) in [6.07, 6.45) is 4.60. The number of halogens is 2. The van der Waals surface area contributed by atoms with Gasteiger partial charge in [-0.15, -0.1) is 0 Å². The van der Waals surface area contributed by atoms with Gasteiger partial charge in [0.05, 0.1) is 25.3 Å². The normalized spacial score (nSPS) is 15.8. The Morgan fingerprint density at radius 3 is 2.70 bits per heavy atom. The van der Waals surface area contributed by atoms with Crippen LogP contribution in [0.1, 0.15) is 29.6 Å². The van der Waals surface area contributed by atoms with Crippen LogP contribution in [0.3, 0.4) is 0 Å². The SMILES string of the molecule is CS(=O)COc1c(Br)ccc(C(=O)OC2=CC(=O)CCC2)c1Br. The van der Waals surface area contributed by atoms with Crippen LogP contribution >= 0.6 is 31.9 Å². The van der Waals surface area contributed by atoms with E-state index < -0.39 is 16.8 Å². The number of carbonyl (C=O) groups is 2. The van der Waals surface area contributed by atoms with E-state index >= 15 is 0 Å². The predicted molar refractivity (Wildman–Crippen MR) is 93.8 cm³/mol. The number of rotatable bonds is 5. The Morgan fingerprint density at radius 1 is 1.30 bits per heavy atom. The molecule has 1 aliphatic rings. The molecule has 0 N–H and O–H groups in total. The molecule has 0 aromatic heterocycles. The van der Waals surface area contributed by atoms with Crippen molar-refractivity contribution in [2.24, 2.45) is 0 Å². The molecule has 2 rings (SSSR count). The van der Waals surface area contributed by atoms with Crippen molar-refractivity contribution in [2.45, 2.75) is 19.3 Å². The Labute approximate surface area is 153 Å². The number of ether oxygens (including phenoxy) is 2. The Morgan fingerprint density at radius 2 is 2.04 bits per heavy atom.